The molecule has 0 heterocycles. The fraction of sp³-hybridized carbons (Fsp3) is 0. The van der Waals surface area contributed by atoms with E-state index < -0.39 is 0 Å². The van der Waals surface area contributed by atoms with Crippen LogP contribution in [0.4, 0.5) is 17.1 Å². The molecule has 0 spiro atoms. The smallest absolute Gasteiger partial charge is 0.257 e. The van der Waals surface area contributed by atoms with Gasteiger partial charge in [0.1, 0.15) is 0 Å². The van der Waals surface area contributed by atoms with Crippen LogP contribution in [0.2, 0.25) is 0 Å². The third-order valence-corrected chi connectivity index (χ3v) is 4.26. The summed E-state index contributed by atoms with van der Waals surface area (Å²) in [5.41, 5.74) is 3.13. The van der Waals surface area contributed by atoms with E-state index in [1.807, 2.05) is 97.1 Å². The number of carbonyl (C=O) groups is 1. The van der Waals surface area contributed by atoms with E-state index in [-0.39, 0.29) is 5.91 Å². The Morgan fingerprint density at radius 2 is 1.27 bits per heavy atom. The van der Waals surface area contributed by atoms with Crippen LogP contribution < -0.4 is 10.6 Å². The highest BCUT2D eigenvalue weighted by molar-refractivity contribution is 6.11. The summed E-state index contributed by atoms with van der Waals surface area (Å²) >= 11 is 0. The van der Waals surface area contributed by atoms with Gasteiger partial charge < -0.3 is 10.6 Å². The average molecular weight is 338 g/mol. The number of rotatable bonds is 4. The largest absolute Gasteiger partial charge is 0.355 e. The van der Waals surface area contributed by atoms with Gasteiger partial charge in [-0.3, -0.25) is 4.79 Å². The van der Waals surface area contributed by atoms with E-state index in [9.17, 15) is 4.79 Å². The third-order valence-electron chi connectivity index (χ3n) is 4.26. The lowest BCUT2D eigenvalue weighted by Crippen LogP contribution is -2.14. The lowest BCUT2D eigenvalue weighted by molar-refractivity contribution is 0.102. The number of hydrogen-bond acceptors (Lipinski definition) is 2. The van der Waals surface area contributed by atoms with Crippen molar-refractivity contribution in [1.29, 1.82) is 0 Å². The first-order valence-electron chi connectivity index (χ1n) is 8.51. The number of benzene rings is 4. The van der Waals surface area contributed by atoms with Crippen LogP contribution in [0.15, 0.2) is 97.1 Å². The van der Waals surface area contributed by atoms with Gasteiger partial charge in [-0.05, 0) is 35.7 Å². The maximum absolute atomic E-state index is 12.9. The lowest BCUT2D eigenvalue weighted by Gasteiger charge is -2.13. The highest BCUT2D eigenvalue weighted by Crippen LogP contribution is 2.26. The molecule has 0 aliphatic heterocycles. The summed E-state index contributed by atoms with van der Waals surface area (Å²) in [6, 6.07) is 31.3. The predicted molar refractivity (Wildman–Crippen MR) is 108 cm³/mol. The van der Waals surface area contributed by atoms with E-state index >= 15 is 0 Å². The predicted octanol–water partition coefficient (Wildman–Crippen LogP) is 5.84. The van der Waals surface area contributed by atoms with Gasteiger partial charge in [-0.25, -0.2) is 0 Å². The molecule has 0 aromatic heterocycles. The number of carbonyl (C=O) groups excluding carboxylic acids is 1. The number of amides is 1. The molecule has 126 valence electrons. The number of nitrogens with one attached hydrogen (secondary N) is 2. The molecule has 0 saturated carbocycles. The maximum atomic E-state index is 12.9. The van der Waals surface area contributed by atoms with Crippen LogP contribution in [0.1, 0.15) is 10.4 Å². The number of hydrogen-bond donors (Lipinski definition) is 2. The minimum Gasteiger partial charge on any atom is -0.355 e. The van der Waals surface area contributed by atoms with E-state index in [1.54, 1.807) is 0 Å². The monoisotopic (exact) mass is 338 g/mol. The number of anilines is 3. The minimum atomic E-state index is -0.139. The molecule has 4 aromatic rings. The molecule has 0 radical (unpaired) electrons. The first-order chi connectivity index (χ1) is 12.8. The third kappa shape index (κ3) is 3.28. The van der Waals surface area contributed by atoms with Crippen molar-refractivity contribution >= 4 is 33.7 Å². The molecule has 4 rings (SSSR count). The molecular weight excluding hydrogens is 320 g/mol. The summed E-state index contributed by atoms with van der Waals surface area (Å²) in [7, 11) is 0. The molecule has 3 heteroatoms. The summed E-state index contributed by atoms with van der Waals surface area (Å²) in [5, 5.41) is 8.49. The Kier molecular flexibility index (Phi) is 4.35. The van der Waals surface area contributed by atoms with Gasteiger partial charge in [-0.1, -0.05) is 66.7 Å². The van der Waals surface area contributed by atoms with Crippen LogP contribution in [0, 0.1) is 0 Å². The molecule has 1 amide bonds. The van der Waals surface area contributed by atoms with Crippen LogP contribution in [0.5, 0.6) is 0 Å². The highest BCUT2D eigenvalue weighted by atomic mass is 16.1. The molecule has 3 nitrogen and oxygen atoms in total. The normalized spacial score (nSPS) is 10.5. The van der Waals surface area contributed by atoms with Crippen molar-refractivity contribution in [3.63, 3.8) is 0 Å². The average Bonchev–Trinajstić information content (AvgIpc) is 2.69. The lowest BCUT2D eigenvalue weighted by atomic mass is 10.1. The highest BCUT2D eigenvalue weighted by Gasteiger charge is 2.12. The van der Waals surface area contributed by atoms with Crippen molar-refractivity contribution in [2.24, 2.45) is 0 Å². The molecule has 0 bridgehead atoms. The fourth-order valence-electron chi connectivity index (χ4n) is 2.99. The molecular formula is C23H18N2O. The second-order valence-electron chi connectivity index (χ2n) is 6.02. The number of fused-ring (bicyclic) bond motifs is 1. The molecule has 4 aromatic carbocycles. The van der Waals surface area contributed by atoms with Crippen molar-refractivity contribution in [3.8, 4) is 0 Å². The molecule has 0 saturated heterocycles. The van der Waals surface area contributed by atoms with Crippen molar-refractivity contribution < 1.29 is 4.79 Å². The van der Waals surface area contributed by atoms with Gasteiger partial charge in [-0.15, -0.1) is 0 Å². The SMILES string of the molecule is O=C(Nc1cccc2ccccc12)c1ccccc1Nc1ccccc1. The van der Waals surface area contributed by atoms with Crippen LogP contribution in [0.3, 0.4) is 0 Å². The van der Waals surface area contributed by atoms with Gasteiger partial charge in [0.05, 0.1) is 11.3 Å². The van der Waals surface area contributed by atoms with E-state index in [1.165, 1.54) is 0 Å². The molecule has 0 aliphatic carbocycles. The molecule has 26 heavy (non-hydrogen) atoms. The summed E-state index contributed by atoms with van der Waals surface area (Å²) in [5.74, 6) is -0.139. The van der Waals surface area contributed by atoms with E-state index in [0.29, 0.717) is 5.56 Å². The summed E-state index contributed by atoms with van der Waals surface area (Å²) in [6.45, 7) is 0. The Labute approximate surface area is 152 Å². The van der Waals surface area contributed by atoms with Crippen LogP contribution in [-0.2, 0) is 0 Å². The zero-order valence-corrected chi connectivity index (χ0v) is 14.1. The van der Waals surface area contributed by atoms with Gasteiger partial charge in [0, 0.05) is 16.8 Å². The molecule has 0 aliphatic rings. The van der Waals surface area contributed by atoms with Gasteiger partial charge >= 0.3 is 0 Å². The van der Waals surface area contributed by atoms with E-state index in [0.717, 1.165) is 27.8 Å². The van der Waals surface area contributed by atoms with Gasteiger partial charge in [-0.2, -0.15) is 0 Å². The standard InChI is InChI=1S/C23H18N2O/c26-23(25-21-16-8-10-17-9-4-5-13-19(17)21)20-14-6-7-15-22(20)24-18-11-2-1-3-12-18/h1-16,24H,(H,25,26). The zero-order valence-electron chi connectivity index (χ0n) is 14.1. The zero-order chi connectivity index (χ0) is 17.8. The molecule has 0 unspecified atom stereocenters. The Hall–Kier alpha value is -3.59. The maximum Gasteiger partial charge on any atom is 0.257 e. The minimum absolute atomic E-state index is 0.139. The topological polar surface area (TPSA) is 41.1 Å². The van der Waals surface area contributed by atoms with Gasteiger partial charge in [0.25, 0.3) is 5.91 Å². The van der Waals surface area contributed by atoms with Crippen molar-refractivity contribution in [2.75, 3.05) is 10.6 Å². The Morgan fingerprint density at radius 1 is 0.615 bits per heavy atom. The molecule has 0 fully saturated rings. The summed E-state index contributed by atoms with van der Waals surface area (Å²) in [4.78, 5) is 12.9. The quantitative estimate of drug-likeness (QED) is 0.491. The Morgan fingerprint density at radius 3 is 2.15 bits per heavy atom. The van der Waals surface area contributed by atoms with Crippen LogP contribution in [0.25, 0.3) is 10.8 Å². The second kappa shape index (κ2) is 7.11. The first kappa shape index (κ1) is 15.9. The summed E-state index contributed by atoms with van der Waals surface area (Å²) < 4.78 is 0. The second-order valence-corrected chi connectivity index (χ2v) is 6.02. The van der Waals surface area contributed by atoms with Crippen molar-refractivity contribution in [1.82, 2.24) is 0 Å². The van der Waals surface area contributed by atoms with Crippen LogP contribution >= 0.6 is 0 Å². The van der Waals surface area contributed by atoms with E-state index in [4.69, 9.17) is 0 Å². The molecule has 0 atom stereocenters. The number of para-hydroxylation sites is 2. The van der Waals surface area contributed by atoms with Crippen LogP contribution in [-0.4, -0.2) is 5.91 Å². The first-order valence-corrected chi connectivity index (χ1v) is 8.51. The molecule has 2 N–H and O–H groups in total. The Balaban J connectivity index is 1.64. The Bertz CT molecular complexity index is 1050. The van der Waals surface area contributed by atoms with E-state index in [2.05, 4.69) is 10.6 Å². The summed E-state index contributed by atoms with van der Waals surface area (Å²) in [6.07, 6.45) is 0. The van der Waals surface area contributed by atoms with Gasteiger partial charge in [0.2, 0.25) is 0 Å². The van der Waals surface area contributed by atoms with Gasteiger partial charge in [0.15, 0.2) is 0 Å². The van der Waals surface area contributed by atoms with Crippen molar-refractivity contribution in [2.45, 2.75) is 0 Å². The fourth-order valence-corrected chi connectivity index (χ4v) is 2.99. The van der Waals surface area contributed by atoms with Crippen molar-refractivity contribution in [3.05, 3.63) is 103 Å².